The fourth-order valence-electron chi connectivity index (χ4n) is 4.46. The van der Waals surface area contributed by atoms with E-state index in [1.807, 2.05) is 36.4 Å². The Labute approximate surface area is 201 Å². The van der Waals surface area contributed by atoms with Crippen LogP contribution in [0.2, 0.25) is 0 Å². The summed E-state index contributed by atoms with van der Waals surface area (Å²) in [7, 11) is 0. The van der Waals surface area contributed by atoms with Gasteiger partial charge in [-0.25, -0.2) is 19.7 Å². The van der Waals surface area contributed by atoms with Crippen LogP contribution in [0, 0.1) is 12.1 Å². The molecule has 6 rings (SSSR count). The highest BCUT2D eigenvalue weighted by atomic mass is 16.1. The number of likely N-dealkylation sites (tertiary alicyclic amines) is 1. The molecule has 9 heteroatoms. The number of fused-ring (bicyclic) bond motifs is 2. The van der Waals surface area contributed by atoms with E-state index in [9.17, 15) is 4.79 Å². The van der Waals surface area contributed by atoms with Gasteiger partial charge < -0.3 is 25.5 Å². The van der Waals surface area contributed by atoms with Crippen molar-refractivity contribution in [1.29, 1.82) is 0 Å². The van der Waals surface area contributed by atoms with Gasteiger partial charge in [0.1, 0.15) is 0 Å². The number of benzene rings is 2. The number of hydrogen-bond acceptors (Lipinski definition) is 7. The van der Waals surface area contributed by atoms with Gasteiger partial charge in [0.15, 0.2) is 5.82 Å². The summed E-state index contributed by atoms with van der Waals surface area (Å²) in [5.41, 5.74) is 4.51. The van der Waals surface area contributed by atoms with E-state index >= 15 is 0 Å². The lowest BCUT2D eigenvalue weighted by Gasteiger charge is -2.14. The molecule has 3 aromatic heterocycles. The zero-order valence-electron chi connectivity index (χ0n) is 19.1. The summed E-state index contributed by atoms with van der Waals surface area (Å²) in [6.45, 7) is 4.23. The number of aromatic amines is 2. The molecule has 9 nitrogen and oxygen atoms in total. The highest BCUT2D eigenvalue weighted by molar-refractivity contribution is 5.93. The highest BCUT2D eigenvalue weighted by Crippen LogP contribution is 2.27. The standard InChI is InChI=1S/C26H24N8O/c35-26-31-21-8-7-19(14-22(21)32-26)30-25-29-16-18-4-3-5-20(24(18)33-25)17-6-9-23(28-15-17)27-10-13-34-11-1-2-12-34/h3-5,7-8,14-16H,1-2,10-13H2,(H,27,28)(H,29,30,33)(H2,31,32,35). The Kier molecular flexibility index (Phi) is 5.48. The van der Waals surface area contributed by atoms with Gasteiger partial charge >= 0.3 is 5.69 Å². The lowest BCUT2D eigenvalue weighted by atomic mass is 10.1. The van der Waals surface area contributed by atoms with Gasteiger partial charge in [0.2, 0.25) is 5.95 Å². The second-order valence-electron chi connectivity index (χ2n) is 8.65. The first kappa shape index (κ1) is 21.1. The summed E-state index contributed by atoms with van der Waals surface area (Å²) in [4.78, 5) is 33.2. The number of nitrogens with zero attached hydrogens (tertiary/aromatic N) is 4. The van der Waals surface area contributed by atoms with E-state index in [2.05, 4.69) is 47.6 Å². The molecular weight excluding hydrogens is 440 g/mol. The zero-order chi connectivity index (χ0) is 23.6. The van der Waals surface area contributed by atoms with E-state index < -0.39 is 0 Å². The smallest absolute Gasteiger partial charge is 0.323 e. The van der Waals surface area contributed by atoms with Gasteiger partial charge in [0.05, 0.1) is 22.1 Å². The first-order valence-corrected chi connectivity index (χ1v) is 11.7. The molecule has 1 aliphatic rings. The summed E-state index contributed by atoms with van der Waals surface area (Å²) >= 11 is 0. The predicted octanol–water partition coefficient (Wildman–Crippen LogP) is 3.71. The Balaban J connectivity index is 1.22. The number of nitrogens with one attached hydrogen (secondary N) is 4. The average molecular weight is 465 g/mol. The van der Waals surface area contributed by atoms with Crippen molar-refractivity contribution in [3.63, 3.8) is 0 Å². The Hall–Kier alpha value is -4.42. The fourth-order valence-corrected chi connectivity index (χ4v) is 4.46. The molecule has 0 saturated carbocycles. The predicted molar refractivity (Wildman–Crippen MR) is 137 cm³/mol. The van der Waals surface area contributed by atoms with E-state index in [0.29, 0.717) is 17.3 Å². The average Bonchev–Trinajstić information content (AvgIpc) is 3.53. The van der Waals surface area contributed by atoms with Crippen LogP contribution in [0.3, 0.4) is 0 Å². The van der Waals surface area contributed by atoms with Crippen molar-refractivity contribution >= 4 is 39.4 Å². The fraction of sp³-hybridized carbons (Fsp3) is 0.231. The largest absolute Gasteiger partial charge is 0.362 e. The Bertz CT molecular complexity index is 1530. The van der Waals surface area contributed by atoms with Crippen molar-refractivity contribution in [2.75, 3.05) is 36.8 Å². The van der Waals surface area contributed by atoms with Crippen LogP contribution in [0.4, 0.5) is 17.5 Å². The quantitative estimate of drug-likeness (QED) is 0.290. The summed E-state index contributed by atoms with van der Waals surface area (Å²) in [5.74, 6) is 1.16. The van der Waals surface area contributed by atoms with Crippen LogP contribution in [0.15, 0.2) is 53.6 Å². The molecule has 0 amide bonds. The lowest BCUT2D eigenvalue weighted by molar-refractivity contribution is 0.352. The molecule has 174 valence electrons. The number of imidazole rings is 1. The number of anilines is 3. The van der Waals surface area contributed by atoms with Crippen molar-refractivity contribution < 1.29 is 0 Å². The number of H-pyrrole nitrogens is 2. The normalized spacial score (nSPS) is 13.8. The molecule has 1 aliphatic heterocycles. The van der Waals surface area contributed by atoms with Crippen LogP contribution < -0.4 is 16.3 Å². The molecule has 0 aliphatic carbocycles. The summed E-state index contributed by atoms with van der Waals surface area (Å²) < 4.78 is 0. The van der Waals surface area contributed by atoms with Gasteiger partial charge in [-0.05, 0) is 50.2 Å². The van der Waals surface area contributed by atoms with Crippen molar-refractivity contribution in [1.82, 2.24) is 29.8 Å². The van der Waals surface area contributed by atoms with Crippen LogP contribution in [0.5, 0.6) is 0 Å². The van der Waals surface area contributed by atoms with Gasteiger partial charge in [-0.1, -0.05) is 24.3 Å². The summed E-state index contributed by atoms with van der Waals surface area (Å²) in [6, 6.07) is 17.9. The molecule has 35 heavy (non-hydrogen) atoms. The number of para-hydroxylation sites is 1. The molecular formula is C26H24N8O. The van der Waals surface area contributed by atoms with Crippen molar-refractivity contribution in [3.05, 3.63) is 71.4 Å². The molecule has 0 atom stereocenters. The third-order valence-corrected chi connectivity index (χ3v) is 6.23. The van der Waals surface area contributed by atoms with Gasteiger partial charge in [0, 0.05) is 42.1 Å². The Morgan fingerprint density at radius 2 is 1.89 bits per heavy atom. The van der Waals surface area contributed by atoms with Crippen LogP contribution >= 0.6 is 0 Å². The van der Waals surface area contributed by atoms with Gasteiger partial charge in [-0.2, -0.15) is 0 Å². The maximum absolute atomic E-state index is 11.5. The second-order valence-corrected chi connectivity index (χ2v) is 8.65. The van der Waals surface area contributed by atoms with E-state index in [-0.39, 0.29) is 5.69 Å². The third kappa shape index (κ3) is 4.52. The molecule has 2 aromatic carbocycles. The summed E-state index contributed by atoms with van der Waals surface area (Å²) in [6.07, 6.45) is 6.18. The first-order chi connectivity index (χ1) is 17.2. The SMILES string of the molecule is O=c1[nH]c2ccc(Nc3ncc4cccc(-c5c#cc(NCCN6CCCC6)nc5)c4n3)cc2[nH]1. The van der Waals surface area contributed by atoms with Crippen LogP contribution in [-0.2, 0) is 0 Å². The number of aromatic nitrogens is 5. The topological polar surface area (TPSA) is 115 Å². The lowest BCUT2D eigenvalue weighted by Crippen LogP contribution is -2.26. The molecule has 0 unspecified atom stereocenters. The maximum atomic E-state index is 11.5. The highest BCUT2D eigenvalue weighted by Gasteiger charge is 2.11. The molecule has 4 heterocycles. The first-order valence-electron chi connectivity index (χ1n) is 11.7. The van der Waals surface area contributed by atoms with Gasteiger partial charge in [0.25, 0.3) is 0 Å². The van der Waals surface area contributed by atoms with Crippen molar-refractivity contribution in [2.24, 2.45) is 0 Å². The minimum absolute atomic E-state index is 0.238. The monoisotopic (exact) mass is 464 g/mol. The molecule has 4 N–H and O–H groups in total. The maximum Gasteiger partial charge on any atom is 0.323 e. The minimum Gasteiger partial charge on any atom is -0.362 e. The molecule has 1 fully saturated rings. The van der Waals surface area contributed by atoms with E-state index in [4.69, 9.17) is 4.98 Å². The molecule has 0 radical (unpaired) electrons. The number of rotatable bonds is 7. The van der Waals surface area contributed by atoms with Crippen molar-refractivity contribution in [3.8, 4) is 11.1 Å². The van der Waals surface area contributed by atoms with Crippen LogP contribution in [0.25, 0.3) is 33.1 Å². The van der Waals surface area contributed by atoms with E-state index in [1.165, 1.54) is 25.9 Å². The molecule has 0 bridgehead atoms. The molecule has 1 saturated heterocycles. The van der Waals surface area contributed by atoms with Crippen LogP contribution in [-0.4, -0.2) is 56.0 Å². The van der Waals surface area contributed by atoms with Crippen LogP contribution in [0.1, 0.15) is 12.8 Å². The van der Waals surface area contributed by atoms with Crippen molar-refractivity contribution in [2.45, 2.75) is 12.8 Å². The molecule has 5 aromatic rings. The van der Waals surface area contributed by atoms with E-state index in [1.54, 1.807) is 12.4 Å². The molecule has 0 spiro atoms. The number of hydrogen-bond donors (Lipinski definition) is 4. The Morgan fingerprint density at radius 1 is 1.00 bits per heavy atom. The van der Waals surface area contributed by atoms with E-state index in [0.717, 1.165) is 46.3 Å². The zero-order valence-corrected chi connectivity index (χ0v) is 19.1. The third-order valence-electron chi connectivity index (χ3n) is 6.23. The second kappa shape index (κ2) is 9.08. The van der Waals surface area contributed by atoms with Gasteiger partial charge in [-0.3, -0.25) is 0 Å². The summed E-state index contributed by atoms with van der Waals surface area (Å²) in [5, 5.41) is 7.48. The minimum atomic E-state index is -0.238. The Morgan fingerprint density at radius 3 is 2.74 bits per heavy atom. The van der Waals surface area contributed by atoms with Gasteiger partial charge in [-0.15, -0.1) is 0 Å².